The molecule has 14 heteroatoms. The average Bonchev–Trinajstić information content (AvgIpc) is 3.58. The minimum absolute atomic E-state index is 0.0770. The Hall–Kier alpha value is -3.38. The molecule has 0 saturated carbocycles. The van der Waals surface area contributed by atoms with E-state index in [0.29, 0.717) is 24.0 Å². The second-order valence-corrected chi connectivity index (χ2v) is 18.4. The number of ether oxygens (including phenoxy) is 2. The van der Waals surface area contributed by atoms with Gasteiger partial charge in [-0.2, -0.15) is 0 Å². The lowest BCUT2D eigenvalue weighted by molar-refractivity contribution is -0.161. The summed E-state index contributed by atoms with van der Waals surface area (Å²) in [7, 11) is -4.64. The first-order valence-electron chi connectivity index (χ1n) is 24.4. The summed E-state index contributed by atoms with van der Waals surface area (Å²) >= 11 is 0. The molecule has 2 N–H and O–H groups in total. The Morgan fingerprint density at radius 3 is 1.49 bits per heavy atom. The summed E-state index contributed by atoms with van der Waals surface area (Å²) in [5.41, 5.74) is 0.957. The molecule has 1 aromatic rings. The maximum Gasteiger partial charge on any atom is 0.472 e. The third-order valence-corrected chi connectivity index (χ3v) is 12.2. The van der Waals surface area contributed by atoms with Crippen molar-refractivity contribution in [3.63, 3.8) is 0 Å². The molecule has 0 radical (unpaired) electrons. The zero-order valence-corrected chi connectivity index (χ0v) is 39.7. The number of amides is 3. The Kier molecular flexibility index (Phi) is 31.8. The van der Waals surface area contributed by atoms with Crippen LogP contribution in [0.2, 0.25) is 0 Å². The van der Waals surface area contributed by atoms with Gasteiger partial charge in [-0.05, 0) is 30.5 Å². The molecule has 2 unspecified atom stereocenters. The van der Waals surface area contributed by atoms with Crippen molar-refractivity contribution in [2.75, 3.05) is 26.4 Å². The largest absolute Gasteiger partial charge is 0.472 e. The van der Waals surface area contributed by atoms with Crippen molar-refractivity contribution in [2.45, 2.75) is 206 Å². The molecule has 0 aliphatic carbocycles. The van der Waals surface area contributed by atoms with Crippen LogP contribution in [0.25, 0.3) is 0 Å². The Labute approximate surface area is 378 Å². The maximum atomic E-state index is 12.8. The number of hydrogen-bond donors (Lipinski definition) is 2. The number of esters is 2. The highest BCUT2D eigenvalue weighted by atomic mass is 31.2. The third-order valence-electron chi connectivity index (χ3n) is 11.2. The number of rotatable bonds is 41. The molecule has 2 rings (SSSR count). The van der Waals surface area contributed by atoms with Crippen molar-refractivity contribution in [2.24, 2.45) is 0 Å². The van der Waals surface area contributed by atoms with Crippen LogP contribution >= 0.6 is 7.82 Å². The van der Waals surface area contributed by atoms with E-state index in [2.05, 4.69) is 19.2 Å². The summed E-state index contributed by atoms with van der Waals surface area (Å²) in [6.45, 7) is 3.21. The topological polar surface area (TPSA) is 175 Å². The summed E-state index contributed by atoms with van der Waals surface area (Å²) in [6.07, 6.45) is 32.5. The first-order valence-corrected chi connectivity index (χ1v) is 25.9. The highest BCUT2D eigenvalue weighted by Crippen LogP contribution is 2.43. The van der Waals surface area contributed by atoms with E-state index in [1.807, 2.05) is 0 Å². The van der Waals surface area contributed by atoms with Gasteiger partial charge in [-0.3, -0.25) is 37.9 Å². The minimum atomic E-state index is -4.64. The van der Waals surface area contributed by atoms with Crippen LogP contribution in [0.3, 0.4) is 0 Å². The van der Waals surface area contributed by atoms with Crippen molar-refractivity contribution in [3.05, 3.63) is 47.5 Å². The number of nitrogens with zero attached hydrogens (tertiary/aromatic N) is 1. The lowest BCUT2D eigenvalue weighted by atomic mass is 10.0. The van der Waals surface area contributed by atoms with Crippen molar-refractivity contribution in [1.82, 2.24) is 10.2 Å². The molecule has 1 aliphatic heterocycles. The highest BCUT2D eigenvalue weighted by Gasteiger charge is 2.27. The molecular weight excluding hydrogens is 824 g/mol. The van der Waals surface area contributed by atoms with E-state index < -0.39 is 50.2 Å². The average molecular weight is 905 g/mol. The number of phosphoric acid groups is 1. The van der Waals surface area contributed by atoms with Crippen molar-refractivity contribution >= 4 is 37.5 Å². The zero-order chi connectivity index (χ0) is 45.8. The van der Waals surface area contributed by atoms with Crippen molar-refractivity contribution in [1.29, 1.82) is 0 Å². The predicted molar refractivity (Wildman–Crippen MR) is 247 cm³/mol. The molecular formula is C49H81N2O11P. The fourth-order valence-corrected chi connectivity index (χ4v) is 8.12. The number of benzene rings is 1. The van der Waals surface area contributed by atoms with Gasteiger partial charge in [0.1, 0.15) is 6.61 Å². The zero-order valence-electron chi connectivity index (χ0n) is 38.8. The SMILES string of the molecule is CCCCCCCCCCCCCCCC(=O)OCC(COP(=O)(O)OCCNC(=O)c1ccc(CN2C(=O)C=CC2=O)cc1)OC(=O)CCCCCCCCCCCCCCC. The van der Waals surface area contributed by atoms with Gasteiger partial charge in [-0.1, -0.05) is 180 Å². The van der Waals surface area contributed by atoms with Crippen LogP contribution in [0.5, 0.6) is 0 Å². The Balaban J connectivity index is 1.72. The van der Waals surface area contributed by atoms with E-state index in [0.717, 1.165) is 43.4 Å². The monoisotopic (exact) mass is 905 g/mol. The van der Waals surface area contributed by atoms with E-state index >= 15 is 0 Å². The molecule has 358 valence electrons. The van der Waals surface area contributed by atoms with Gasteiger partial charge in [-0.15, -0.1) is 0 Å². The molecule has 1 heterocycles. The third kappa shape index (κ3) is 28.9. The van der Waals surface area contributed by atoms with Crippen LogP contribution in [-0.2, 0) is 48.8 Å². The number of imide groups is 1. The molecule has 63 heavy (non-hydrogen) atoms. The molecule has 0 fully saturated rings. The fraction of sp³-hybridized carbons (Fsp3) is 0.735. The van der Waals surface area contributed by atoms with Gasteiger partial charge in [0.05, 0.1) is 19.8 Å². The molecule has 13 nitrogen and oxygen atoms in total. The van der Waals surface area contributed by atoms with E-state index in [1.54, 1.807) is 12.1 Å². The molecule has 0 aromatic heterocycles. The lowest BCUT2D eigenvalue weighted by Crippen LogP contribution is -2.30. The van der Waals surface area contributed by atoms with Crippen LogP contribution in [0.1, 0.15) is 210 Å². The van der Waals surface area contributed by atoms with E-state index in [-0.39, 0.29) is 39.1 Å². The molecule has 1 aromatic carbocycles. The standard InChI is InChI=1S/C49H81N2O11P/c1-3-5-7-9-11-13-15-17-19-21-23-25-27-29-47(54)59-40-44(62-48(55)30-28-26-24-22-20-18-16-14-12-10-8-6-4-2)41-61-63(57,58)60-38-37-50-49(56)43-33-31-42(32-34-43)39-51-45(52)35-36-46(51)53/h31-36,44H,3-30,37-41H2,1-2H3,(H,50,56)(H,57,58). The molecule has 3 amide bonds. The summed E-state index contributed by atoms with van der Waals surface area (Å²) in [6, 6.07) is 6.33. The van der Waals surface area contributed by atoms with E-state index in [4.69, 9.17) is 18.5 Å². The Morgan fingerprint density at radius 2 is 1.03 bits per heavy atom. The van der Waals surface area contributed by atoms with Gasteiger partial charge in [0.15, 0.2) is 6.10 Å². The predicted octanol–water partition coefficient (Wildman–Crippen LogP) is 11.4. The van der Waals surface area contributed by atoms with Crippen LogP contribution in [-0.4, -0.2) is 71.9 Å². The van der Waals surface area contributed by atoms with Gasteiger partial charge < -0.3 is 19.7 Å². The van der Waals surface area contributed by atoms with Crippen molar-refractivity contribution in [3.8, 4) is 0 Å². The number of carbonyl (C=O) groups is 5. The van der Waals surface area contributed by atoms with Crippen LogP contribution in [0.4, 0.5) is 0 Å². The van der Waals surface area contributed by atoms with E-state index in [9.17, 15) is 33.4 Å². The molecule has 0 bridgehead atoms. The van der Waals surface area contributed by atoms with Crippen molar-refractivity contribution < 1.29 is 52.0 Å². The van der Waals surface area contributed by atoms with Crippen LogP contribution in [0, 0.1) is 0 Å². The summed E-state index contributed by atoms with van der Waals surface area (Å²) in [5, 5.41) is 2.59. The Morgan fingerprint density at radius 1 is 0.603 bits per heavy atom. The highest BCUT2D eigenvalue weighted by molar-refractivity contribution is 7.47. The molecule has 0 saturated heterocycles. The van der Waals surface area contributed by atoms with Gasteiger partial charge >= 0.3 is 19.8 Å². The quantitative estimate of drug-likeness (QED) is 0.0277. The van der Waals surface area contributed by atoms with Crippen LogP contribution in [0.15, 0.2) is 36.4 Å². The van der Waals surface area contributed by atoms with Gasteiger partial charge in [0.25, 0.3) is 17.7 Å². The number of unbranched alkanes of at least 4 members (excludes halogenated alkanes) is 24. The van der Waals surface area contributed by atoms with Gasteiger partial charge in [-0.25, -0.2) is 4.57 Å². The smallest absolute Gasteiger partial charge is 0.462 e. The fourth-order valence-electron chi connectivity index (χ4n) is 7.37. The molecule has 1 aliphatic rings. The normalized spacial score (nSPS) is 13.9. The summed E-state index contributed by atoms with van der Waals surface area (Å²) < 4.78 is 33.9. The first-order chi connectivity index (χ1) is 30.5. The second-order valence-electron chi connectivity index (χ2n) is 16.9. The minimum Gasteiger partial charge on any atom is -0.462 e. The van der Waals surface area contributed by atoms with Crippen LogP contribution < -0.4 is 5.32 Å². The summed E-state index contributed by atoms with van der Waals surface area (Å²) in [4.78, 5) is 73.1. The molecule has 2 atom stereocenters. The second kappa shape index (κ2) is 35.9. The Bertz CT molecular complexity index is 1480. The maximum absolute atomic E-state index is 12.8. The van der Waals surface area contributed by atoms with Gasteiger partial charge in [0.2, 0.25) is 0 Å². The molecule has 0 spiro atoms. The first kappa shape index (κ1) is 55.8. The number of nitrogens with one attached hydrogen (secondary N) is 1. The van der Waals surface area contributed by atoms with E-state index in [1.165, 1.54) is 140 Å². The lowest BCUT2D eigenvalue weighted by Gasteiger charge is -2.20. The van der Waals surface area contributed by atoms with Gasteiger partial charge in [0, 0.05) is 37.1 Å². The number of hydrogen-bond acceptors (Lipinski definition) is 10. The number of carbonyl (C=O) groups excluding carboxylic acids is 5. The summed E-state index contributed by atoms with van der Waals surface area (Å²) in [5.74, 6) is -2.20. The number of phosphoric ester groups is 1.